The molecular formula is C31H48N2O3. The zero-order valence-corrected chi connectivity index (χ0v) is 23.7. The largest absolute Gasteiger partial charge is 0.461 e. The maximum absolute atomic E-state index is 12.8. The molecule has 2 unspecified atom stereocenters. The van der Waals surface area contributed by atoms with Gasteiger partial charge in [-0.25, -0.2) is 0 Å². The number of ketones is 1. The topological polar surface area (TPSA) is 67.4 Å². The number of rotatable bonds is 13. The number of hydrogen-bond donors (Lipinski definition) is 2. The van der Waals surface area contributed by atoms with E-state index < -0.39 is 0 Å². The van der Waals surface area contributed by atoms with E-state index in [1.807, 2.05) is 26.8 Å². The quantitative estimate of drug-likeness (QED) is 0.177. The number of anilines is 1. The van der Waals surface area contributed by atoms with Crippen molar-refractivity contribution in [2.75, 3.05) is 5.32 Å². The number of carbonyl (C=O) groups is 2. The van der Waals surface area contributed by atoms with Gasteiger partial charge in [0.25, 0.3) is 0 Å². The summed E-state index contributed by atoms with van der Waals surface area (Å²) in [4.78, 5) is 25.0. The van der Waals surface area contributed by atoms with Crippen LogP contribution in [0.25, 0.3) is 0 Å². The third kappa shape index (κ3) is 8.62. The van der Waals surface area contributed by atoms with Gasteiger partial charge >= 0.3 is 5.97 Å². The van der Waals surface area contributed by atoms with Crippen molar-refractivity contribution in [1.82, 2.24) is 5.32 Å². The van der Waals surface area contributed by atoms with Crippen molar-refractivity contribution < 1.29 is 14.3 Å². The van der Waals surface area contributed by atoms with Gasteiger partial charge in [-0.1, -0.05) is 58.9 Å². The van der Waals surface area contributed by atoms with E-state index in [1.54, 1.807) is 0 Å². The van der Waals surface area contributed by atoms with Crippen molar-refractivity contribution in [2.45, 2.75) is 112 Å². The molecule has 1 saturated carbocycles. The molecule has 0 spiro atoms. The molecule has 0 bridgehead atoms. The lowest BCUT2D eigenvalue weighted by atomic mass is 9.92. The summed E-state index contributed by atoms with van der Waals surface area (Å²) in [6, 6.07) is 6.14. The molecule has 1 aliphatic rings. The van der Waals surface area contributed by atoms with E-state index >= 15 is 0 Å². The number of nitrogens with one attached hydrogen (secondary N) is 2. The molecule has 5 heteroatoms. The van der Waals surface area contributed by atoms with Crippen molar-refractivity contribution >= 4 is 17.4 Å². The van der Waals surface area contributed by atoms with Crippen LogP contribution in [0.5, 0.6) is 0 Å². The van der Waals surface area contributed by atoms with Crippen molar-refractivity contribution in [1.29, 1.82) is 0 Å². The predicted octanol–water partition coefficient (Wildman–Crippen LogP) is 6.90. The molecular weight excluding hydrogens is 448 g/mol. The molecule has 1 aliphatic carbocycles. The van der Waals surface area contributed by atoms with Crippen LogP contribution >= 0.6 is 0 Å². The van der Waals surface area contributed by atoms with Crippen LogP contribution in [0, 0.1) is 18.8 Å². The first-order chi connectivity index (χ1) is 17.1. The van der Waals surface area contributed by atoms with Crippen molar-refractivity contribution in [2.24, 2.45) is 11.8 Å². The highest BCUT2D eigenvalue weighted by Gasteiger charge is 2.27. The van der Waals surface area contributed by atoms with E-state index in [0.717, 1.165) is 53.6 Å². The Morgan fingerprint density at radius 3 is 2.28 bits per heavy atom. The second-order valence-corrected chi connectivity index (χ2v) is 10.9. The Balaban J connectivity index is 2.16. The Labute approximate surface area is 219 Å². The van der Waals surface area contributed by atoms with E-state index in [1.165, 1.54) is 0 Å². The van der Waals surface area contributed by atoms with E-state index in [9.17, 15) is 9.59 Å². The van der Waals surface area contributed by atoms with Crippen LogP contribution in [0.1, 0.15) is 91.7 Å². The molecule has 1 aromatic rings. The number of Topliss-reactive ketones (excluding diaryl/α,β-unsaturated/α-hetero) is 1. The molecule has 2 rings (SSSR count). The summed E-state index contributed by atoms with van der Waals surface area (Å²) in [6.07, 6.45) is 8.96. The Morgan fingerprint density at radius 1 is 1.08 bits per heavy atom. The minimum absolute atomic E-state index is 0.0707. The van der Waals surface area contributed by atoms with Gasteiger partial charge in [-0.15, -0.1) is 0 Å². The Hall–Kier alpha value is -2.40. The molecule has 5 nitrogen and oxygen atoms in total. The standard InChI is InChI=1S/C31H48N2O3/c1-9-25(17-23(8)28(34)10-2)29(20(3)4)33-27-18-24(16-15-22(27)7)19-32-30(21(5)6)31(35)36-26-13-11-12-14-26/h9,15-18,20-21,26,29-30,32-33H,10-14,19H2,1-8H3/b23-17-,25-9+. The summed E-state index contributed by atoms with van der Waals surface area (Å²) in [7, 11) is 0. The van der Waals surface area contributed by atoms with Gasteiger partial charge in [0, 0.05) is 18.7 Å². The number of ether oxygens (including phenoxy) is 1. The molecule has 0 aromatic heterocycles. The molecule has 1 aromatic carbocycles. The lowest BCUT2D eigenvalue weighted by molar-refractivity contribution is -0.152. The molecule has 0 amide bonds. The van der Waals surface area contributed by atoms with Crippen LogP contribution in [-0.4, -0.2) is 29.9 Å². The van der Waals surface area contributed by atoms with E-state index in [-0.39, 0.29) is 35.9 Å². The van der Waals surface area contributed by atoms with Gasteiger partial charge in [0.1, 0.15) is 12.1 Å². The van der Waals surface area contributed by atoms with Gasteiger partial charge in [0.2, 0.25) is 0 Å². The van der Waals surface area contributed by atoms with Crippen LogP contribution in [-0.2, 0) is 20.9 Å². The zero-order valence-electron chi connectivity index (χ0n) is 23.7. The summed E-state index contributed by atoms with van der Waals surface area (Å²) in [5.74, 6) is 0.509. The second kappa shape index (κ2) is 14.4. The van der Waals surface area contributed by atoms with Crippen molar-refractivity contribution in [3.8, 4) is 0 Å². The summed E-state index contributed by atoms with van der Waals surface area (Å²) in [5.41, 5.74) is 5.24. The highest BCUT2D eigenvalue weighted by molar-refractivity contribution is 5.95. The minimum Gasteiger partial charge on any atom is -0.461 e. The maximum atomic E-state index is 12.8. The van der Waals surface area contributed by atoms with E-state index in [0.29, 0.717) is 18.9 Å². The first-order valence-corrected chi connectivity index (χ1v) is 13.7. The summed E-state index contributed by atoms with van der Waals surface area (Å²) in [6.45, 7) is 17.0. The molecule has 2 N–H and O–H groups in total. The van der Waals surface area contributed by atoms with Crippen LogP contribution in [0.15, 0.2) is 41.5 Å². The predicted molar refractivity (Wildman–Crippen MR) is 150 cm³/mol. The fraction of sp³-hybridized carbons (Fsp3) is 0.613. The smallest absolute Gasteiger partial charge is 0.323 e. The van der Waals surface area contributed by atoms with Gasteiger partial charge in [0.15, 0.2) is 5.78 Å². The normalized spacial score (nSPS) is 16.9. The summed E-state index contributed by atoms with van der Waals surface area (Å²) >= 11 is 0. The van der Waals surface area contributed by atoms with Gasteiger partial charge < -0.3 is 15.4 Å². The fourth-order valence-corrected chi connectivity index (χ4v) is 4.76. The van der Waals surface area contributed by atoms with Gasteiger partial charge in [-0.3, -0.25) is 9.59 Å². The van der Waals surface area contributed by atoms with Crippen LogP contribution in [0.3, 0.4) is 0 Å². The van der Waals surface area contributed by atoms with Crippen molar-refractivity contribution in [3.05, 3.63) is 52.6 Å². The molecule has 0 saturated heterocycles. The average molecular weight is 497 g/mol. The molecule has 2 atom stereocenters. The monoisotopic (exact) mass is 496 g/mol. The highest BCUT2D eigenvalue weighted by atomic mass is 16.5. The third-order valence-electron chi connectivity index (χ3n) is 7.15. The van der Waals surface area contributed by atoms with Crippen LogP contribution in [0.2, 0.25) is 0 Å². The lowest BCUT2D eigenvalue weighted by Gasteiger charge is -2.27. The number of hydrogen-bond acceptors (Lipinski definition) is 5. The number of allylic oxidation sites excluding steroid dienone is 2. The summed E-state index contributed by atoms with van der Waals surface area (Å²) < 4.78 is 5.79. The third-order valence-corrected chi connectivity index (χ3v) is 7.15. The molecule has 1 fully saturated rings. The van der Waals surface area contributed by atoms with E-state index in [4.69, 9.17) is 4.74 Å². The molecule has 0 heterocycles. The zero-order chi connectivity index (χ0) is 26.8. The fourth-order valence-electron chi connectivity index (χ4n) is 4.76. The second-order valence-electron chi connectivity index (χ2n) is 10.9. The number of esters is 1. The maximum Gasteiger partial charge on any atom is 0.323 e. The average Bonchev–Trinajstić information content (AvgIpc) is 3.34. The minimum atomic E-state index is -0.328. The Morgan fingerprint density at radius 2 is 1.72 bits per heavy atom. The Kier molecular flexibility index (Phi) is 11.9. The lowest BCUT2D eigenvalue weighted by Crippen LogP contribution is -2.42. The first-order valence-electron chi connectivity index (χ1n) is 13.7. The molecule has 0 radical (unpaired) electrons. The van der Waals surface area contributed by atoms with Gasteiger partial charge in [-0.2, -0.15) is 0 Å². The number of aryl methyl sites for hydroxylation is 1. The van der Waals surface area contributed by atoms with Crippen molar-refractivity contribution in [3.63, 3.8) is 0 Å². The van der Waals surface area contributed by atoms with Crippen LogP contribution in [0.4, 0.5) is 5.69 Å². The Bertz CT molecular complexity index is 939. The molecule has 36 heavy (non-hydrogen) atoms. The first kappa shape index (κ1) is 29.8. The van der Waals surface area contributed by atoms with Gasteiger partial charge in [0.05, 0.1) is 6.04 Å². The summed E-state index contributed by atoms with van der Waals surface area (Å²) in [5, 5.41) is 7.19. The number of benzene rings is 1. The van der Waals surface area contributed by atoms with E-state index in [2.05, 4.69) is 69.5 Å². The SMILES string of the molecule is C/C=C(\C=C(\C)C(=O)CC)C(Nc1cc(CNC(C(=O)OC2CCCC2)C(C)C)ccc1C)C(C)C. The number of carbonyl (C=O) groups excluding carboxylic acids is 2. The highest BCUT2D eigenvalue weighted by Crippen LogP contribution is 2.25. The molecule has 200 valence electrons. The van der Waals surface area contributed by atoms with Crippen LogP contribution < -0.4 is 10.6 Å². The molecule has 0 aliphatic heterocycles. The van der Waals surface area contributed by atoms with Gasteiger partial charge in [-0.05, 0) is 86.6 Å².